The van der Waals surface area contributed by atoms with Crippen LogP contribution in [0.15, 0.2) is 18.6 Å². The van der Waals surface area contributed by atoms with Gasteiger partial charge in [0.2, 0.25) is 0 Å². The second-order valence-electron chi connectivity index (χ2n) is 3.52. The zero-order chi connectivity index (χ0) is 9.80. The van der Waals surface area contributed by atoms with Crippen LogP contribution in [0, 0.1) is 5.92 Å². The van der Waals surface area contributed by atoms with Crippen molar-refractivity contribution in [2.45, 2.75) is 12.5 Å². The van der Waals surface area contributed by atoms with Crippen LogP contribution in [0.4, 0.5) is 0 Å². The summed E-state index contributed by atoms with van der Waals surface area (Å²) in [4.78, 5) is 8.18. The summed E-state index contributed by atoms with van der Waals surface area (Å²) in [6.45, 7) is 1.70. The highest BCUT2D eigenvalue weighted by Crippen LogP contribution is 2.26. The van der Waals surface area contributed by atoms with Crippen molar-refractivity contribution in [2.24, 2.45) is 5.92 Å². The first-order valence-corrected chi connectivity index (χ1v) is 4.92. The summed E-state index contributed by atoms with van der Waals surface area (Å²) in [5.41, 5.74) is 1.05. The Labute approximate surface area is 83.7 Å². The van der Waals surface area contributed by atoms with Crippen LogP contribution < -0.4 is 5.32 Å². The zero-order valence-corrected chi connectivity index (χ0v) is 8.31. The van der Waals surface area contributed by atoms with Crippen LogP contribution in [-0.2, 0) is 4.74 Å². The third-order valence-corrected chi connectivity index (χ3v) is 2.67. The minimum absolute atomic E-state index is 0.292. The second-order valence-corrected chi connectivity index (χ2v) is 3.52. The second kappa shape index (κ2) is 4.48. The largest absolute Gasteiger partial charge is 0.381 e. The molecule has 1 N–H and O–H groups in total. The molecule has 2 atom stereocenters. The van der Waals surface area contributed by atoms with Gasteiger partial charge in [0.05, 0.1) is 18.3 Å². The van der Waals surface area contributed by atoms with Gasteiger partial charge in [-0.25, -0.2) is 9.97 Å². The highest BCUT2D eigenvalue weighted by atomic mass is 16.5. The lowest BCUT2D eigenvalue weighted by molar-refractivity contribution is 0.177. The van der Waals surface area contributed by atoms with Crippen LogP contribution in [0.25, 0.3) is 0 Å². The standard InChI is InChI=1S/C10H15N3O/c1-11-10(8-3-5-14-6-8)9-2-4-12-7-13-9/h2,4,7-8,10-11H,3,5-6H2,1H3. The van der Waals surface area contributed by atoms with E-state index in [0.29, 0.717) is 12.0 Å². The van der Waals surface area contributed by atoms with Crippen LogP contribution in [0.1, 0.15) is 18.2 Å². The van der Waals surface area contributed by atoms with E-state index < -0.39 is 0 Å². The number of aromatic nitrogens is 2. The molecule has 0 saturated carbocycles. The average Bonchev–Trinajstić information content (AvgIpc) is 2.74. The van der Waals surface area contributed by atoms with E-state index in [9.17, 15) is 0 Å². The molecule has 1 aliphatic heterocycles. The van der Waals surface area contributed by atoms with Crippen molar-refractivity contribution in [3.05, 3.63) is 24.3 Å². The van der Waals surface area contributed by atoms with Gasteiger partial charge in [0.1, 0.15) is 6.33 Å². The zero-order valence-electron chi connectivity index (χ0n) is 8.31. The number of nitrogens with one attached hydrogen (secondary N) is 1. The molecule has 1 saturated heterocycles. The van der Waals surface area contributed by atoms with E-state index in [4.69, 9.17) is 4.74 Å². The molecule has 1 fully saturated rings. The Morgan fingerprint density at radius 3 is 3.14 bits per heavy atom. The smallest absolute Gasteiger partial charge is 0.115 e. The summed E-state index contributed by atoms with van der Waals surface area (Å²) in [5, 5.41) is 3.29. The summed E-state index contributed by atoms with van der Waals surface area (Å²) in [6, 6.07) is 2.25. The van der Waals surface area contributed by atoms with Crippen LogP contribution in [0.5, 0.6) is 0 Å². The summed E-state index contributed by atoms with van der Waals surface area (Å²) in [5.74, 6) is 0.537. The van der Waals surface area contributed by atoms with Gasteiger partial charge >= 0.3 is 0 Å². The van der Waals surface area contributed by atoms with Gasteiger partial charge in [-0.3, -0.25) is 0 Å². The third kappa shape index (κ3) is 1.91. The Morgan fingerprint density at radius 1 is 1.64 bits per heavy atom. The summed E-state index contributed by atoms with van der Waals surface area (Å²) in [6.07, 6.45) is 4.48. The predicted octanol–water partition coefficient (Wildman–Crippen LogP) is 0.774. The lowest BCUT2D eigenvalue weighted by Gasteiger charge is -2.20. The molecule has 1 aliphatic rings. The van der Waals surface area contributed by atoms with Gasteiger partial charge in [-0.2, -0.15) is 0 Å². The third-order valence-electron chi connectivity index (χ3n) is 2.67. The van der Waals surface area contributed by atoms with E-state index in [0.717, 1.165) is 25.3 Å². The number of hydrogen-bond acceptors (Lipinski definition) is 4. The Balaban J connectivity index is 2.12. The first-order valence-electron chi connectivity index (χ1n) is 4.92. The molecule has 4 heteroatoms. The van der Waals surface area contributed by atoms with Crippen LogP contribution >= 0.6 is 0 Å². The minimum atomic E-state index is 0.292. The van der Waals surface area contributed by atoms with E-state index in [-0.39, 0.29) is 0 Å². The molecule has 2 heterocycles. The van der Waals surface area contributed by atoms with Crippen LogP contribution in [-0.4, -0.2) is 30.2 Å². The molecule has 14 heavy (non-hydrogen) atoms. The quantitative estimate of drug-likeness (QED) is 0.770. The van der Waals surface area contributed by atoms with Crippen molar-refractivity contribution >= 4 is 0 Å². The van der Waals surface area contributed by atoms with Gasteiger partial charge in [0, 0.05) is 18.7 Å². The molecule has 2 rings (SSSR count). The van der Waals surface area contributed by atoms with Gasteiger partial charge in [0.15, 0.2) is 0 Å². The number of rotatable bonds is 3. The topological polar surface area (TPSA) is 47.0 Å². The summed E-state index contributed by atoms with van der Waals surface area (Å²) >= 11 is 0. The van der Waals surface area contributed by atoms with E-state index >= 15 is 0 Å². The Kier molecular flexibility index (Phi) is 3.06. The molecule has 1 aromatic heterocycles. The average molecular weight is 193 g/mol. The molecule has 76 valence electrons. The van der Waals surface area contributed by atoms with Gasteiger partial charge < -0.3 is 10.1 Å². The molecule has 0 aliphatic carbocycles. The van der Waals surface area contributed by atoms with Crippen molar-refractivity contribution in [3.63, 3.8) is 0 Å². The molecule has 2 unspecified atom stereocenters. The van der Waals surface area contributed by atoms with Gasteiger partial charge in [-0.1, -0.05) is 0 Å². The van der Waals surface area contributed by atoms with E-state index in [1.165, 1.54) is 0 Å². The number of ether oxygens (including phenoxy) is 1. The fourth-order valence-corrected chi connectivity index (χ4v) is 1.93. The fraction of sp³-hybridized carbons (Fsp3) is 0.600. The maximum absolute atomic E-state index is 5.38. The molecule has 0 spiro atoms. The Hall–Kier alpha value is -1.00. The van der Waals surface area contributed by atoms with Gasteiger partial charge in [-0.05, 0) is 19.5 Å². The van der Waals surface area contributed by atoms with Gasteiger partial charge in [0.25, 0.3) is 0 Å². The molecular weight excluding hydrogens is 178 g/mol. The predicted molar refractivity (Wildman–Crippen MR) is 52.8 cm³/mol. The normalized spacial score (nSPS) is 23.6. The van der Waals surface area contributed by atoms with Crippen molar-refractivity contribution < 1.29 is 4.74 Å². The number of nitrogens with zero attached hydrogens (tertiary/aromatic N) is 2. The lowest BCUT2D eigenvalue weighted by atomic mass is 9.96. The SMILES string of the molecule is CNC(c1ccncn1)C1CCOC1. The van der Waals surface area contributed by atoms with Crippen LogP contribution in [0.3, 0.4) is 0 Å². The highest BCUT2D eigenvalue weighted by molar-refractivity contribution is 5.06. The van der Waals surface area contributed by atoms with Crippen molar-refractivity contribution in [1.29, 1.82) is 0 Å². The summed E-state index contributed by atoms with van der Waals surface area (Å²) in [7, 11) is 1.96. The summed E-state index contributed by atoms with van der Waals surface area (Å²) < 4.78 is 5.38. The molecule has 4 nitrogen and oxygen atoms in total. The molecule has 0 amide bonds. The monoisotopic (exact) mass is 193 g/mol. The van der Waals surface area contributed by atoms with Crippen molar-refractivity contribution in [1.82, 2.24) is 15.3 Å². The lowest BCUT2D eigenvalue weighted by Crippen LogP contribution is -2.26. The first-order chi connectivity index (χ1) is 6.92. The molecule has 0 aromatic carbocycles. The molecule has 0 bridgehead atoms. The maximum atomic E-state index is 5.38. The molecule has 0 radical (unpaired) electrons. The van der Waals surface area contributed by atoms with E-state index in [1.807, 2.05) is 13.1 Å². The van der Waals surface area contributed by atoms with Crippen molar-refractivity contribution in [2.75, 3.05) is 20.3 Å². The Morgan fingerprint density at radius 2 is 2.57 bits per heavy atom. The fourth-order valence-electron chi connectivity index (χ4n) is 1.93. The highest BCUT2D eigenvalue weighted by Gasteiger charge is 2.26. The maximum Gasteiger partial charge on any atom is 0.115 e. The van der Waals surface area contributed by atoms with Gasteiger partial charge in [-0.15, -0.1) is 0 Å². The van der Waals surface area contributed by atoms with Crippen LogP contribution in [0.2, 0.25) is 0 Å². The Bertz CT molecular complexity index is 272. The van der Waals surface area contributed by atoms with E-state index in [2.05, 4.69) is 15.3 Å². The van der Waals surface area contributed by atoms with Crippen molar-refractivity contribution in [3.8, 4) is 0 Å². The van der Waals surface area contributed by atoms with E-state index in [1.54, 1.807) is 12.5 Å². The number of hydrogen-bond donors (Lipinski definition) is 1. The minimum Gasteiger partial charge on any atom is -0.381 e. The molecule has 1 aromatic rings. The first kappa shape index (κ1) is 9.55. The molecular formula is C10H15N3O.